The zero-order valence-corrected chi connectivity index (χ0v) is 10.6. The molecule has 2 rings (SSSR count). The van der Waals surface area contributed by atoms with Gasteiger partial charge in [-0.3, -0.25) is 0 Å². The molecule has 0 radical (unpaired) electrons. The second-order valence-electron chi connectivity index (χ2n) is 5.01. The molecule has 0 amide bonds. The molecule has 0 saturated carbocycles. The number of hydrogen-bond donors (Lipinski definition) is 1. The number of aliphatic carboxylic acids is 1. The largest absolute Gasteiger partial charge is 0.479 e. The Morgan fingerprint density at radius 3 is 2.89 bits per heavy atom. The molecule has 2 unspecified atom stereocenters. The summed E-state index contributed by atoms with van der Waals surface area (Å²) in [5.41, 5.74) is 0. The Kier molecular flexibility index (Phi) is 3.96. The Morgan fingerprint density at radius 1 is 1.50 bits per heavy atom. The molecule has 1 aliphatic heterocycles. The molecule has 6 nitrogen and oxygen atoms in total. The Labute approximate surface area is 105 Å². The third-order valence-electron chi connectivity index (χ3n) is 3.00. The third-order valence-corrected chi connectivity index (χ3v) is 3.00. The van der Waals surface area contributed by atoms with Gasteiger partial charge in [-0.05, 0) is 25.2 Å². The second-order valence-corrected chi connectivity index (χ2v) is 5.01. The first-order valence-corrected chi connectivity index (χ1v) is 6.27. The van der Waals surface area contributed by atoms with E-state index in [2.05, 4.69) is 24.0 Å². The lowest BCUT2D eigenvalue weighted by molar-refractivity contribution is -0.150. The minimum absolute atomic E-state index is 0.369. The minimum Gasteiger partial charge on any atom is -0.479 e. The summed E-state index contributed by atoms with van der Waals surface area (Å²) in [6.07, 6.45) is 1.76. The van der Waals surface area contributed by atoms with Crippen molar-refractivity contribution in [3.63, 3.8) is 0 Å². The molecular formula is C12H18N2O4. The van der Waals surface area contributed by atoms with Gasteiger partial charge in [0.1, 0.15) is 6.10 Å². The molecule has 0 aromatic carbocycles. The van der Waals surface area contributed by atoms with E-state index in [1.807, 2.05) is 0 Å². The van der Waals surface area contributed by atoms with E-state index < -0.39 is 12.1 Å². The van der Waals surface area contributed by atoms with E-state index in [-0.39, 0.29) is 6.10 Å². The molecule has 0 bridgehead atoms. The Bertz CT molecular complexity index is 416. The van der Waals surface area contributed by atoms with Gasteiger partial charge in [-0.15, -0.1) is 0 Å². The van der Waals surface area contributed by atoms with E-state index >= 15 is 0 Å². The van der Waals surface area contributed by atoms with Crippen molar-refractivity contribution in [3.8, 4) is 0 Å². The maximum atomic E-state index is 10.8. The molecule has 1 aromatic rings. The van der Waals surface area contributed by atoms with Crippen molar-refractivity contribution in [3.05, 3.63) is 11.7 Å². The fourth-order valence-electron chi connectivity index (χ4n) is 1.92. The van der Waals surface area contributed by atoms with Crippen LogP contribution >= 0.6 is 0 Å². The summed E-state index contributed by atoms with van der Waals surface area (Å²) in [6, 6.07) is 0. The molecular weight excluding hydrogens is 236 g/mol. The molecule has 100 valence electrons. The lowest BCUT2D eigenvalue weighted by Crippen LogP contribution is -2.18. The number of carbonyl (C=O) groups is 1. The van der Waals surface area contributed by atoms with E-state index in [0.29, 0.717) is 30.5 Å². The zero-order valence-electron chi connectivity index (χ0n) is 10.6. The van der Waals surface area contributed by atoms with Crippen LogP contribution in [-0.2, 0) is 16.0 Å². The van der Waals surface area contributed by atoms with Crippen LogP contribution in [0.5, 0.6) is 0 Å². The van der Waals surface area contributed by atoms with Gasteiger partial charge in [0.15, 0.2) is 11.9 Å². The van der Waals surface area contributed by atoms with Crippen LogP contribution in [0.15, 0.2) is 4.52 Å². The van der Waals surface area contributed by atoms with Crippen LogP contribution in [0.1, 0.15) is 50.9 Å². The van der Waals surface area contributed by atoms with Gasteiger partial charge < -0.3 is 14.4 Å². The Hall–Kier alpha value is -1.43. The highest BCUT2D eigenvalue weighted by Crippen LogP contribution is 2.31. The lowest BCUT2D eigenvalue weighted by atomic mass is 10.1. The number of rotatable bonds is 5. The van der Waals surface area contributed by atoms with E-state index in [4.69, 9.17) is 14.4 Å². The molecule has 18 heavy (non-hydrogen) atoms. The standard InChI is InChI=1S/C12H18N2O4/c1-7(2)3-6-10-13-11(18-14-10)8-4-5-9(17-8)12(15)16/h7-9H,3-6H2,1-2H3,(H,15,16). The number of carboxylic acids is 1. The molecule has 1 aliphatic rings. The Morgan fingerprint density at radius 2 is 2.28 bits per heavy atom. The maximum absolute atomic E-state index is 10.8. The first kappa shape index (κ1) is 13.0. The lowest BCUT2D eigenvalue weighted by Gasteiger charge is -2.05. The van der Waals surface area contributed by atoms with Gasteiger partial charge in [0.05, 0.1) is 0 Å². The van der Waals surface area contributed by atoms with Crippen molar-refractivity contribution >= 4 is 5.97 Å². The minimum atomic E-state index is -0.933. The van der Waals surface area contributed by atoms with Crippen molar-refractivity contribution in [2.45, 2.75) is 51.7 Å². The summed E-state index contributed by atoms with van der Waals surface area (Å²) in [7, 11) is 0. The van der Waals surface area contributed by atoms with E-state index in [0.717, 1.165) is 12.8 Å². The highest BCUT2D eigenvalue weighted by Gasteiger charge is 2.34. The molecule has 1 fully saturated rings. The zero-order chi connectivity index (χ0) is 13.1. The SMILES string of the molecule is CC(C)CCc1noc(C2CCC(C(=O)O)O2)n1. The summed E-state index contributed by atoms with van der Waals surface area (Å²) in [5.74, 6) is 0.724. The summed E-state index contributed by atoms with van der Waals surface area (Å²) < 4.78 is 10.5. The quantitative estimate of drug-likeness (QED) is 0.864. The topological polar surface area (TPSA) is 85.5 Å². The summed E-state index contributed by atoms with van der Waals surface area (Å²) in [5, 5.41) is 12.7. The number of aromatic nitrogens is 2. The van der Waals surface area contributed by atoms with Crippen LogP contribution < -0.4 is 0 Å². The smallest absolute Gasteiger partial charge is 0.332 e. The number of aryl methyl sites for hydroxylation is 1. The van der Waals surface area contributed by atoms with Gasteiger partial charge in [-0.25, -0.2) is 4.79 Å². The molecule has 6 heteroatoms. The van der Waals surface area contributed by atoms with Crippen LogP contribution in [0.3, 0.4) is 0 Å². The first-order valence-electron chi connectivity index (χ1n) is 6.27. The van der Waals surface area contributed by atoms with Crippen molar-refractivity contribution < 1.29 is 19.2 Å². The molecule has 2 heterocycles. The fourth-order valence-corrected chi connectivity index (χ4v) is 1.92. The Balaban J connectivity index is 1.92. The number of ether oxygens (including phenoxy) is 1. The van der Waals surface area contributed by atoms with Gasteiger partial charge >= 0.3 is 5.97 Å². The molecule has 0 aliphatic carbocycles. The monoisotopic (exact) mass is 254 g/mol. The average molecular weight is 254 g/mol. The van der Waals surface area contributed by atoms with Crippen molar-refractivity contribution in [2.24, 2.45) is 5.92 Å². The van der Waals surface area contributed by atoms with Crippen LogP contribution in [0.25, 0.3) is 0 Å². The van der Waals surface area contributed by atoms with Gasteiger partial charge in [-0.1, -0.05) is 19.0 Å². The van der Waals surface area contributed by atoms with Gasteiger partial charge in [0.25, 0.3) is 5.89 Å². The molecule has 1 saturated heterocycles. The molecule has 1 aromatic heterocycles. The summed E-state index contributed by atoms with van der Waals surface area (Å²) in [6.45, 7) is 4.27. The van der Waals surface area contributed by atoms with Crippen molar-refractivity contribution in [2.75, 3.05) is 0 Å². The van der Waals surface area contributed by atoms with Crippen LogP contribution in [-0.4, -0.2) is 27.3 Å². The predicted molar refractivity (Wildman–Crippen MR) is 61.9 cm³/mol. The third kappa shape index (κ3) is 3.07. The van der Waals surface area contributed by atoms with Crippen LogP contribution in [0.4, 0.5) is 0 Å². The van der Waals surface area contributed by atoms with E-state index in [9.17, 15) is 4.79 Å². The fraction of sp³-hybridized carbons (Fsp3) is 0.750. The van der Waals surface area contributed by atoms with Gasteiger partial charge in [0.2, 0.25) is 0 Å². The number of carboxylic acid groups (broad SMARTS) is 1. The molecule has 1 N–H and O–H groups in total. The predicted octanol–water partition coefficient (Wildman–Crippen LogP) is 1.96. The average Bonchev–Trinajstić information content (AvgIpc) is 2.95. The van der Waals surface area contributed by atoms with Gasteiger partial charge in [-0.2, -0.15) is 4.98 Å². The highest BCUT2D eigenvalue weighted by molar-refractivity contribution is 5.72. The molecule has 0 spiro atoms. The molecule has 2 atom stereocenters. The number of nitrogens with zero attached hydrogens (tertiary/aromatic N) is 2. The van der Waals surface area contributed by atoms with E-state index in [1.54, 1.807) is 0 Å². The first-order chi connectivity index (χ1) is 8.56. The maximum Gasteiger partial charge on any atom is 0.332 e. The van der Waals surface area contributed by atoms with Crippen LogP contribution in [0.2, 0.25) is 0 Å². The van der Waals surface area contributed by atoms with Crippen molar-refractivity contribution in [1.29, 1.82) is 0 Å². The van der Waals surface area contributed by atoms with Crippen molar-refractivity contribution in [1.82, 2.24) is 10.1 Å². The normalized spacial score (nSPS) is 23.7. The summed E-state index contributed by atoms with van der Waals surface area (Å²) >= 11 is 0. The van der Waals surface area contributed by atoms with E-state index in [1.165, 1.54) is 0 Å². The second kappa shape index (κ2) is 5.48. The van der Waals surface area contributed by atoms with Gasteiger partial charge in [0, 0.05) is 6.42 Å². The number of hydrogen-bond acceptors (Lipinski definition) is 5. The van der Waals surface area contributed by atoms with Crippen LogP contribution in [0, 0.1) is 5.92 Å². The highest BCUT2D eigenvalue weighted by atomic mass is 16.5. The summed E-state index contributed by atoms with van der Waals surface area (Å²) in [4.78, 5) is 15.0.